The summed E-state index contributed by atoms with van der Waals surface area (Å²) >= 11 is 5.06. The van der Waals surface area contributed by atoms with Crippen LogP contribution >= 0.6 is 27.7 Å². The van der Waals surface area contributed by atoms with Crippen molar-refractivity contribution in [2.45, 2.75) is 35.6 Å². The van der Waals surface area contributed by atoms with Gasteiger partial charge in [-0.05, 0) is 75.2 Å². The highest BCUT2D eigenvalue weighted by molar-refractivity contribution is 9.10. The standard InChI is InChI=1S/C22H28BrN5OS/c23-18-3-5-19(6-4-18)30-21-8-7-20(25-26-21)28-14-9-17(10-15-28)22(29)24-11-16-27-12-1-2-13-27/h3-8,17H,1-2,9-16H2,(H,24,29). The van der Waals surface area contributed by atoms with Gasteiger partial charge in [0.05, 0.1) is 0 Å². The molecule has 1 N–H and O–H groups in total. The average molecular weight is 490 g/mol. The van der Waals surface area contributed by atoms with Crippen molar-refractivity contribution in [2.24, 2.45) is 5.92 Å². The molecule has 0 saturated carbocycles. The van der Waals surface area contributed by atoms with E-state index in [2.05, 4.69) is 53.4 Å². The molecule has 4 rings (SSSR count). The Hall–Kier alpha value is -1.64. The maximum Gasteiger partial charge on any atom is 0.223 e. The molecule has 8 heteroatoms. The Kier molecular flexibility index (Phi) is 7.62. The summed E-state index contributed by atoms with van der Waals surface area (Å²) in [6.07, 6.45) is 4.32. The molecule has 2 saturated heterocycles. The molecule has 1 aromatic heterocycles. The van der Waals surface area contributed by atoms with Gasteiger partial charge in [0.1, 0.15) is 5.03 Å². The number of nitrogens with zero attached hydrogens (tertiary/aromatic N) is 4. The topological polar surface area (TPSA) is 61.4 Å². The molecule has 0 radical (unpaired) electrons. The molecule has 0 bridgehead atoms. The molecule has 2 fully saturated rings. The lowest BCUT2D eigenvalue weighted by Gasteiger charge is -2.32. The van der Waals surface area contributed by atoms with E-state index in [0.717, 1.165) is 59.2 Å². The maximum atomic E-state index is 12.5. The Morgan fingerprint density at radius 2 is 1.77 bits per heavy atom. The zero-order chi connectivity index (χ0) is 20.8. The van der Waals surface area contributed by atoms with Gasteiger partial charge in [0.25, 0.3) is 0 Å². The lowest BCUT2D eigenvalue weighted by molar-refractivity contribution is -0.125. The highest BCUT2D eigenvalue weighted by Gasteiger charge is 2.25. The van der Waals surface area contributed by atoms with Crippen LogP contribution < -0.4 is 10.2 Å². The van der Waals surface area contributed by atoms with E-state index >= 15 is 0 Å². The van der Waals surface area contributed by atoms with Crippen LogP contribution in [0.1, 0.15) is 25.7 Å². The minimum absolute atomic E-state index is 0.111. The monoisotopic (exact) mass is 489 g/mol. The summed E-state index contributed by atoms with van der Waals surface area (Å²) in [5.41, 5.74) is 0. The molecule has 2 aliphatic rings. The molecule has 160 valence electrons. The molecule has 1 aromatic carbocycles. The second-order valence-corrected chi connectivity index (χ2v) is 9.90. The molecule has 3 heterocycles. The van der Waals surface area contributed by atoms with Crippen LogP contribution in [0.5, 0.6) is 0 Å². The van der Waals surface area contributed by atoms with Crippen molar-refractivity contribution in [3.63, 3.8) is 0 Å². The van der Waals surface area contributed by atoms with Gasteiger partial charge in [0, 0.05) is 41.5 Å². The Bertz CT molecular complexity index is 818. The van der Waals surface area contributed by atoms with Crippen molar-refractivity contribution in [2.75, 3.05) is 44.2 Å². The molecule has 0 aliphatic carbocycles. The van der Waals surface area contributed by atoms with Crippen molar-refractivity contribution in [3.05, 3.63) is 40.9 Å². The smallest absolute Gasteiger partial charge is 0.223 e. The van der Waals surface area contributed by atoms with E-state index < -0.39 is 0 Å². The number of carbonyl (C=O) groups excluding carboxylic acids is 1. The third kappa shape index (κ3) is 5.95. The van der Waals surface area contributed by atoms with E-state index in [1.54, 1.807) is 11.8 Å². The highest BCUT2D eigenvalue weighted by Crippen LogP contribution is 2.28. The first-order chi connectivity index (χ1) is 14.7. The summed E-state index contributed by atoms with van der Waals surface area (Å²) in [7, 11) is 0. The first kappa shape index (κ1) is 21.6. The number of hydrogen-bond acceptors (Lipinski definition) is 6. The summed E-state index contributed by atoms with van der Waals surface area (Å²) in [5, 5.41) is 12.8. The summed E-state index contributed by atoms with van der Waals surface area (Å²) in [6.45, 7) is 5.79. The van der Waals surface area contributed by atoms with E-state index in [-0.39, 0.29) is 11.8 Å². The molecule has 0 unspecified atom stereocenters. The van der Waals surface area contributed by atoms with Gasteiger partial charge in [-0.3, -0.25) is 4.79 Å². The largest absolute Gasteiger partial charge is 0.355 e. The van der Waals surface area contributed by atoms with Crippen molar-refractivity contribution < 1.29 is 4.79 Å². The molecule has 0 atom stereocenters. The van der Waals surface area contributed by atoms with Crippen LogP contribution in [-0.4, -0.2) is 60.3 Å². The van der Waals surface area contributed by atoms with Crippen LogP contribution in [0.15, 0.2) is 50.8 Å². The number of hydrogen-bond donors (Lipinski definition) is 1. The van der Waals surface area contributed by atoms with E-state index in [9.17, 15) is 4.79 Å². The van der Waals surface area contributed by atoms with Gasteiger partial charge < -0.3 is 15.1 Å². The fraction of sp³-hybridized carbons (Fsp3) is 0.500. The molecular weight excluding hydrogens is 462 g/mol. The van der Waals surface area contributed by atoms with Crippen LogP contribution in [0, 0.1) is 5.92 Å². The Balaban J connectivity index is 1.21. The van der Waals surface area contributed by atoms with Crippen molar-refractivity contribution in [1.82, 2.24) is 20.4 Å². The molecular formula is C22H28BrN5OS. The zero-order valence-electron chi connectivity index (χ0n) is 17.1. The lowest BCUT2D eigenvalue weighted by Crippen LogP contribution is -2.42. The number of likely N-dealkylation sites (tertiary alicyclic amines) is 1. The second kappa shape index (κ2) is 10.6. The molecule has 6 nitrogen and oxygen atoms in total. The fourth-order valence-corrected chi connectivity index (χ4v) is 5.01. The van der Waals surface area contributed by atoms with E-state index in [1.807, 2.05) is 24.3 Å². The number of rotatable bonds is 7. The SMILES string of the molecule is O=C(NCCN1CCCC1)C1CCN(c2ccc(Sc3ccc(Br)cc3)nn2)CC1. The molecule has 1 amide bonds. The highest BCUT2D eigenvalue weighted by atomic mass is 79.9. The zero-order valence-corrected chi connectivity index (χ0v) is 19.5. The fourth-order valence-electron chi connectivity index (χ4n) is 4.02. The minimum Gasteiger partial charge on any atom is -0.355 e. The van der Waals surface area contributed by atoms with Crippen LogP contribution in [0.25, 0.3) is 0 Å². The van der Waals surface area contributed by atoms with Crippen LogP contribution in [-0.2, 0) is 4.79 Å². The average Bonchev–Trinajstić information content (AvgIpc) is 3.29. The number of amides is 1. The summed E-state index contributed by atoms with van der Waals surface area (Å²) in [5.74, 6) is 1.21. The van der Waals surface area contributed by atoms with Gasteiger partial charge in [-0.2, -0.15) is 0 Å². The number of aromatic nitrogens is 2. The number of halogens is 1. The van der Waals surface area contributed by atoms with E-state index in [0.29, 0.717) is 0 Å². The van der Waals surface area contributed by atoms with Crippen LogP contribution in [0.4, 0.5) is 5.82 Å². The first-order valence-corrected chi connectivity index (χ1v) is 12.3. The molecule has 2 aromatic rings. The quantitative estimate of drug-likeness (QED) is 0.637. The van der Waals surface area contributed by atoms with Crippen molar-refractivity contribution >= 4 is 39.4 Å². The Labute approximate surface area is 190 Å². The predicted molar refractivity (Wildman–Crippen MR) is 124 cm³/mol. The van der Waals surface area contributed by atoms with Gasteiger partial charge in [0.2, 0.25) is 5.91 Å². The van der Waals surface area contributed by atoms with Gasteiger partial charge in [-0.1, -0.05) is 27.7 Å². The number of nitrogens with one attached hydrogen (secondary N) is 1. The number of carbonyl (C=O) groups is 1. The maximum absolute atomic E-state index is 12.5. The van der Waals surface area contributed by atoms with Crippen LogP contribution in [0.3, 0.4) is 0 Å². The van der Waals surface area contributed by atoms with Gasteiger partial charge in [0.15, 0.2) is 5.82 Å². The molecule has 0 spiro atoms. The number of piperidine rings is 1. The predicted octanol–water partition coefficient (Wildman–Crippen LogP) is 3.82. The van der Waals surface area contributed by atoms with Crippen molar-refractivity contribution in [3.8, 4) is 0 Å². The number of benzene rings is 1. The third-order valence-electron chi connectivity index (χ3n) is 5.78. The number of anilines is 1. The second-order valence-electron chi connectivity index (χ2n) is 7.89. The van der Waals surface area contributed by atoms with Gasteiger partial charge in [-0.25, -0.2) is 0 Å². The Morgan fingerprint density at radius 3 is 2.43 bits per heavy atom. The van der Waals surface area contributed by atoms with E-state index in [1.165, 1.54) is 25.9 Å². The minimum atomic E-state index is 0.111. The summed E-state index contributed by atoms with van der Waals surface area (Å²) in [4.78, 5) is 18.3. The lowest BCUT2D eigenvalue weighted by atomic mass is 9.96. The van der Waals surface area contributed by atoms with Gasteiger partial charge in [-0.15, -0.1) is 10.2 Å². The third-order valence-corrected chi connectivity index (χ3v) is 7.24. The summed E-state index contributed by atoms with van der Waals surface area (Å²) in [6, 6.07) is 12.2. The molecule has 2 aliphatic heterocycles. The molecule has 30 heavy (non-hydrogen) atoms. The van der Waals surface area contributed by atoms with Crippen molar-refractivity contribution in [1.29, 1.82) is 0 Å². The summed E-state index contributed by atoms with van der Waals surface area (Å²) < 4.78 is 1.07. The normalized spacial score (nSPS) is 18.0. The Morgan fingerprint density at radius 1 is 1.03 bits per heavy atom. The van der Waals surface area contributed by atoms with Crippen LogP contribution in [0.2, 0.25) is 0 Å². The van der Waals surface area contributed by atoms with E-state index in [4.69, 9.17) is 0 Å². The first-order valence-electron chi connectivity index (χ1n) is 10.7. The van der Waals surface area contributed by atoms with Gasteiger partial charge >= 0.3 is 0 Å².